The summed E-state index contributed by atoms with van der Waals surface area (Å²) < 4.78 is 13.1. The summed E-state index contributed by atoms with van der Waals surface area (Å²) in [6, 6.07) is 19.2. The van der Waals surface area contributed by atoms with E-state index in [1.807, 2.05) is 57.2 Å². The number of nitrogens with one attached hydrogen (secondary N) is 3. The van der Waals surface area contributed by atoms with Crippen LogP contribution in [0.15, 0.2) is 72.9 Å². The van der Waals surface area contributed by atoms with Crippen LogP contribution in [0.2, 0.25) is 10.0 Å². The van der Waals surface area contributed by atoms with E-state index in [2.05, 4.69) is 36.7 Å². The zero-order valence-corrected chi connectivity index (χ0v) is 31.7. The zero-order chi connectivity index (χ0) is 38.2. The Labute approximate surface area is 324 Å². The predicted molar refractivity (Wildman–Crippen MR) is 210 cm³/mol. The molecule has 0 spiro atoms. The molecular weight excluding hydrogens is 727 g/mol. The Balaban J connectivity index is 1.10. The number of amides is 3. The van der Waals surface area contributed by atoms with Gasteiger partial charge in [0.15, 0.2) is 0 Å². The number of halogens is 2. The first kappa shape index (κ1) is 38.3. The molecule has 3 N–H and O–H groups in total. The molecule has 6 rings (SSSR count). The van der Waals surface area contributed by atoms with Gasteiger partial charge in [-0.25, -0.2) is 14.5 Å². The lowest BCUT2D eigenvalue weighted by Gasteiger charge is -2.26. The molecule has 1 aliphatic heterocycles. The molecular formula is C40H40Cl2N8O4. The lowest BCUT2D eigenvalue weighted by atomic mass is 10.0. The van der Waals surface area contributed by atoms with Crippen LogP contribution in [0.3, 0.4) is 0 Å². The second-order valence-electron chi connectivity index (χ2n) is 13.0. The van der Waals surface area contributed by atoms with Crippen LogP contribution in [0.4, 0.5) is 16.3 Å². The lowest BCUT2D eigenvalue weighted by Crippen LogP contribution is -2.41. The number of urea groups is 1. The van der Waals surface area contributed by atoms with Crippen molar-refractivity contribution in [1.82, 2.24) is 30.0 Å². The average molecular weight is 768 g/mol. The molecule has 2 aromatic heterocycles. The van der Waals surface area contributed by atoms with Crippen LogP contribution in [0.1, 0.15) is 58.3 Å². The van der Waals surface area contributed by atoms with Gasteiger partial charge in [-0.1, -0.05) is 60.7 Å². The zero-order valence-electron chi connectivity index (χ0n) is 30.2. The molecule has 0 radical (unpaired) electrons. The van der Waals surface area contributed by atoms with Gasteiger partial charge in [-0.05, 0) is 60.9 Å². The lowest BCUT2D eigenvalue weighted by molar-refractivity contribution is 0.0383. The van der Waals surface area contributed by atoms with Crippen molar-refractivity contribution in [2.24, 2.45) is 0 Å². The Kier molecular flexibility index (Phi) is 12.5. The Hall–Kier alpha value is -5.45. The Morgan fingerprint density at radius 2 is 1.78 bits per heavy atom. The van der Waals surface area contributed by atoms with Gasteiger partial charge < -0.3 is 20.1 Å². The number of anilines is 2. The molecule has 278 valence electrons. The largest absolute Gasteiger partial charge is 0.437 e. The van der Waals surface area contributed by atoms with Crippen molar-refractivity contribution >= 4 is 46.6 Å². The number of carbonyl (C=O) groups excluding carboxylic acids is 2. The van der Waals surface area contributed by atoms with Crippen molar-refractivity contribution in [2.45, 2.75) is 33.1 Å². The van der Waals surface area contributed by atoms with Crippen LogP contribution in [-0.2, 0) is 11.2 Å². The smallest absolute Gasteiger partial charge is 0.324 e. The number of hydrogen-bond donors (Lipinski definition) is 3. The summed E-state index contributed by atoms with van der Waals surface area (Å²) in [5.41, 5.74) is 4.80. The molecule has 12 nitrogen and oxygen atoms in total. The van der Waals surface area contributed by atoms with Gasteiger partial charge in [0, 0.05) is 62.1 Å². The molecule has 14 heteroatoms. The number of carbonyl (C=O) groups is 2. The van der Waals surface area contributed by atoms with E-state index < -0.39 is 6.03 Å². The maximum Gasteiger partial charge on any atom is 0.324 e. The molecule has 0 aliphatic carbocycles. The molecule has 1 fully saturated rings. The fourth-order valence-electron chi connectivity index (χ4n) is 5.71. The van der Waals surface area contributed by atoms with E-state index in [-0.39, 0.29) is 45.6 Å². The van der Waals surface area contributed by atoms with Crippen LogP contribution in [0.5, 0.6) is 11.6 Å². The van der Waals surface area contributed by atoms with Crippen molar-refractivity contribution in [3.8, 4) is 29.7 Å². The van der Waals surface area contributed by atoms with Crippen LogP contribution in [-0.4, -0.2) is 76.0 Å². The van der Waals surface area contributed by atoms with Gasteiger partial charge in [-0.3, -0.25) is 15.0 Å². The molecule has 0 unspecified atom stereocenters. The number of morpholine rings is 1. The van der Waals surface area contributed by atoms with Gasteiger partial charge in [0.05, 0.1) is 35.3 Å². The van der Waals surface area contributed by atoms with Crippen molar-refractivity contribution in [1.29, 1.82) is 0 Å². The molecule has 1 aliphatic rings. The Bertz CT molecular complexity index is 2180. The highest BCUT2D eigenvalue weighted by Gasteiger charge is 2.19. The topological polar surface area (TPSA) is 136 Å². The molecule has 5 aromatic rings. The van der Waals surface area contributed by atoms with Crippen LogP contribution in [0.25, 0.3) is 5.69 Å². The fraction of sp³-hybridized carbons (Fsp3) is 0.275. The van der Waals surface area contributed by atoms with E-state index >= 15 is 0 Å². The number of rotatable bonds is 12. The summed E-state index contributed by atoms with van der Waals surface area (Å²) >= 11 is 13.2. The first-order valence-corrected chi connectivity index (χ1v) is 18.2. The van der Waals surface area contributed by atoms with Gasteiger partial charge in [0.25, 0.3) is 5.91 Å². The van der Waals surface area contributed by atoms with E-state index in [0.717, 1.165) is 42.1 Å². The highest BCUT2D eigenvalue weighted by molar-refractivity contribution is 6.45. The summed E-state index contributed by atoms with van der Waals surface area (Å²) in [4.78, 5) is 37.4. The fourth-order valence-corrected chi connectivity index (χ4v) is 6.12. The summed E-state index contributed by atoms with van der Waals surface area (Å²) in [6.45, 7) is 10.4. The first-order valence-electron chi connectivity index (χ1n) is 17.5. The second kappa shape index (κ2) is 17.6. The monoisotopic (exact) mass is 766 g/mol. The second-order valence-corrected chi connectivity index (χ2v) is 13.8. The van der Waals surface area contributed by atoms with Crippen molar-refractivity contribution in [3.63, 3.8) is 0 Å². The average Bonchev–Trinajstić information content (AvgIpc) is 3.59. The summed E-state index contributed by atoms with van der Waals surface area (Å²) in [5.74, 6) is 3.93. The Morgan fingerprint density at radius 1 is 1.00 bits per heavy atom. The highest BCUT2D eigenvalue weighted by Crippen LogP contribution is 2.39. The number of ether oxygens (including phenoxy) is 2. The SMILES string of the molecule is C#Cc1cc(Cc2nccc(Oc3ccc(NC(=O)Nc4cc(C(C)C)nn4-c4ccc(C)cc4)c(Cl)c3Cl)n2)cc(C(=O)NCCN2CCOCC2)c1. The third-order valence-corrected chi connectivity index (χ3v) is 9.50. The van der Waals surface area contributed by atoms with Crippen molar-refractivity contribution in [2.75, 3.05) is 50.0 Å². The first-order chi connectivity index (χ1) is 26.1. The van der Waals surface area contributed by atoms with Gasteiger partial charge in [0.2, 0.25) is 5.88 Å². The minimum absolute atomic E-state index is 0.0763. The minimum atomic E-state index is -0.534. The third kappa shape index (κ3) is 9.75. The molecule has 0 saturated carbocycles. The number of benzene rings is 3. The number of aromatic nitrogens is 4. The highest BCUT2D eigenvalue weighted by atomic mass is 35.5. The van der Waals surface area contributed by atoms with E-state index in [1.165, 1.54) is 0 Å². The molecule has 1 saturated heterocycles. The number of aryl methyl sites for hydroxylation is 1. The van der Waals surface area contributed by atoms with Gasteiger partial charge >= 0.3 is 6.03 Å². The normalized spacial score (nSPS) is 13.0. The summed E-state index contributed by atoms with van der Waals surface area (Å²) in [6.07, 6.45) is 7.57. The molecule has 0 bridgehead atoms. The number of hydrogen-bond acceptors (Lipinski definition) is 8. The van der Waals surface area contributed by atoms with E-state index in [4.69, 9.17) is 44.2 Å². The summed E-state index contributed by atoms with van der Waals surface area (Å²) in [7, 11) is 0. The quantitative estimate of drug-likeness (QED) is 0.111. The third-order valence-electron chi connectivity index (χ3n) is 8.63. The summed E-state index contributed by atoms with van der Waals surface area (Å²) in [5, 5.41) is 13.5. The van der Waals surface area contributed by atoms with E-state index in [9.17, 15) is 9.59 Å². The minimum Gasteiger partial charge on any atom is -0.437 e. The standard InChI is InChI=1S/C40H40Cl2N8O4/c1-5-27-20-28(22-29(21-27)39(51)44-14-15-49-16-18-53-19-17-49)23-34-43-13-12-36(46-34)54-33-11-10-31(37(41)38(33)42)45-40(52)47-35-24-32(25(2)3)48-50(35)30-8-6-26(4)7-9-30/h1,6-13,20-22,24-25H,14-19,23H2,2-4H3,(H,44,51)(H2,45,47,52). The molecule has 0 atom stereocenters. The van der Waals surface area contributed by atoms with Crippen LogP contribution in [0, 0.1) is 19.3 Å². The molecule has 3 amide bonds. The molecule has 54 heavy (non-hydrogen) atoms. The van der Waals surface area contributed by atoms with Crippen molar-refractivity contribution in [3.05, 3.63) is 117 Å². The van der Waals surface area contributed by atoms with Gasteiger partial charge in [-0.2, -0.15) is 10.1 Å². The predicted octanol–water partition coefficient (Wildman–Crippen LogP) is 7.47. The molecule has 3 aromatic carbocycles. The maximum absolute atomic E-state index is 13.2. The number of nitrogens with zero attached hydrogens (tertiary/aromatic N) is 5. The van der Waals surface area contributed by atoms with E-state index in [1.54, 1.807) is 41.2 Å². The maximum atomic E-state index is 13.2. The van der Waals surface area contributed by atoms with Crippen LogP contribution < -0.4 is 20.7 Å². The van der Waals surface area contributed by atoms with Gasteiger partial charge in [-0.15, -0.1) is 6.42 Å². The Morgan fingerprint density at radius 3 is 2.52 bits per heavy atom. The van der Waals surface area contributed by atoms with Crippen molar-refractivity contribution < 1.29 is 19.1 Å². The number of terminal acetylenes is 1. The van der Waals surface area contributed by atoms with Crippen LogP contribution >= 0.6 is 23.2 Å². The van der Waals surface area contributed by atoms with Gasteiger partial charge in [0.1, 0.15) is 22.4 Å². The molecule has 3 heterocycles. The van der Waals surface area contributed by atoms with E-state index in [0.29, 0.717) is 42.5 Å².